The number of amides is 1. The van der Waals surface area contributed by atoms with Crippen molar-refractivity contribution in [1.29, 1.82) is 0 Å². The quantitative estimate of drug-likeness (QED) is 0.478. The smallest absolute Gasteiger partial charge is 0.336 e. The van der Waals surface area contributed by atoms with Gasteiger partial charge in [0.05, 0.1) is 25.0 Å². The molecule has 1 atom stereocenters. The van der Waals surface area contributed by atoms with Crippen molar-refractivity contribution in [2.45, 2.75) is 13.0 Å². The van der Waals surface area contributed by atoms with Crippen molar-refractivity contribution in [1.82, 2.24) is 15.5 Å². The third-order valence-corrected chi connectivity index (χ3v) is 2.14. The summed E-state index contributed by atoms with van der Waals surface area (Å²) in [4.78, 5) is 22.4. The number of hydrogen-bond acceptors (Lipinski definition) is 6. The lowest BCUT2D eigenvalue weighted by Crippen LogP contribution is -2.37. The highest BCUT2D eigenvalue weighted by atomic mass is 16.5. The molecular formula is C9H14N4O4. The van der Waals surface area contributed by atoms with Gasteiger partial charge in [-0.05, 0) is 6.92 Å². The number of carbonyl (C=O) groups is 2. The van der Waals surface area contributed by atoms with E-state index in [0.717, 1.165) is 7.11 Å². The number of methoxy groups -OCH3 is 1. The van der Waals surface area contributed by atoms with Crippen molar-refractivity contribution in [3.63, 3.8) is 0 Å². The predicted octanol–water partition coefficient (Wildman–Crippen LogP) is -1.44. The summed E-state index contributed by atoms with van der Waals surface area (Å²) >= 11 is 0. The van der Waals surface area contributed by atoms with Crippen LogP contribution in [0, 0.1) is 6.92 Å². The zero-order chi connectivity index (χ0) is 13.0. The van der Waals surface area contributed by atoms with Crippen molar-refractivity contribution in [3.05, 3.63) is 11.4 Å². The lowest BCUT2D eigenvalue weighted by Gasteiger charge is -2.08. The van der Waals surface area contributed by atoms with Gasteiger partial charge in [-0.15, -0.1) is 0 Å². The molecule has 8 heteroatoms. The molecule has 0 saturated carbocycles. The Labute approximate surface area is 97.1 Å². The minimum absolute atomic E-state index is 0.0274. The zero-order valence-electron chi connectivity index (χ0n) is 9.48. The third kappa shape index (κ3) is 2.94. The Morgan fingerprint density at radius 1 is 1.65 bits per heavy atom. The molecule has 5 N–H and O–H groups in total. The number of esters is 1. The number of aryl methyl sites for hydroxylation is 1. The van der Waals surface area contributed by atoms with Crippen LogP contribution < -0.4 is 11.1 Å². The second-order valence-corrected chi connectivity index (χ2v) is 3.36. The summed E-state index contributed by atoms with van der Waals surface area (Å²) in [5.74, 6) is -1.40. The maximum atomic E-state index is 11.6. The molecule has 1 unspecified atom stereocenters. The Bertz CT molecular complexity index is 429. The lowest BCUT2D eigenvalue weighted by molar-refractivity contribution is -0.149. The second-order valence-electron chi connectivity index (χ2n) is 3.36. The van der Waals surface area contributed by atoms with Crippen LogP contribution in [-0.4, -0.2) is 46.9 Å². The van der Waals surface area contributed by atoms with Crippen molar-refractivity contribution in [2.24, 2.45) is 0 Å². The molecular weight excluding hydrogens is 228 g/mol. The summed E-state index contributed by atoms with van der Waals surface area (Å²) in [6.45, 7) is 1.40. The first-order chi connectivity index (χ1) is 7.97. The van der Waals surface area contributed by atoms with Gasteiger partial charge in [-0.1, -0.05) is 0 Å². The lowest BCUT2D eigenvalue weighted by atomic mass is 10.3. The highest BCUT2D eigenvalue weighted by molar-refractivity contribution is 5.97. The number of aromatic amines is 1. The number of H-pyrrole nitrogens is 1. The van der Waals surface area contributed by atoms with Crippen LogP contribution in [-0.2, 0) is 9.53 Å². The summed E-state index contributed by atoms with van der Waals surface area (Å²) < 4.78 is 4.29. The molecule has 1 heterocycles. The van der Waals surface area contributed by atoms with E-state index in [9.17, 15) is 14.7 Å². The van der Waals surface area contributed by atoms with Gasteiger partial charge in [-0.25, -0.2) is 4.79 Å². The van der Waals surface area contributed by atoms with E-state index in [4.69, 9.17) is 5.73 Å². The molecule has 17 heavy (non-hydrogen) atoms. The normalized spacial score (nSPS) is 11.9. The molecule has 0 aliphatic heterocycles. The van der Waals surface area contributed by atoms with Gasteiger partial charge in [0.25, 0.3) is 5.91 Å². The van der Waals surface area contributed by atoms with Crippen LogP contribution in [0.3, 0.4) is 0 Å². The fraction of sp³-hybridized carbons (Fsp3) is 0.444. The maximum absolute atomic E-state index is 11.6. The number of ether oxygens (including phenoxy) is 1. The van der Waals surface area contributed by atoms with Gasteiger partial charge in [0.1, 0.15) is 0 Å². The summed E-state index contributed by atoms with van der Waals surface area (Å²) in [5.41, 5.74) is 6.42. The first-order valence-corrected chi connectivity index (χ1v) is 4.82. The molecule has 1 amide bonds. The molecule has 0 spiro atoms. The van der Waals surface area contributed by atoms with Crippen LogP contribution in [0.5, 0.6) is 0 Å². The van der Waals surface area contributed by atoms with Gasteiger partial charge < -0.3 is 20.9 Å². The Kier molecular flexibility index (Phi) is 4.05. The summed E-state index contributed by atoms with van der Waals surface area (Å²) in [6.07, 6.45) is -1.41. The Morgan fingerprint density at radius 3 is 2.76 bits per heavy atom. The van der Waals surface area contributed by atoms with E-state index in [1.54, 1.807) is 6.92 Å². The van der Waals surface area contributed by atoms with E-state index in [1.807, 2.05) is 0 Å². The Balaban J connectivity index is 2.56. The third-order valence-electron chi connectivity index (χ3n) is 2.14. The molecule has 0 saturated heterocycles. The average molecular weight is 242 g/mol. The van der Waals surface area contributed by atoms with Gasteiger partial charge in [-0.3, -0.25) is 9.89 Å². The number of aromatic nitrogens is 2. The van der Waals surface area contributed by atoms with Gasteiger partial charge >= 0.3 is 5.97 Å². The van der Waals surface area contributed by atoms with E-state index >= 15 is 0 Å². The molecule has 0 bridgehead atoms. The number of aliphatic hydroxyl groups excluding tert-OH is 1. The van der Waals surface area contributed by atoms with Gasteiger partial charge in [0.2, 0.25) is 0 Å². The first-order valence-electron chi connectivity index (χ1n) is 4.82. The maximum Gasteiger partial charge on any atom is 0.336 e. The standard InChI is InChI=1S/C9H14N4O4/c1-4-6(10)7(13-12-4)8(15)11-3-5(14)9(16)17-2/h5,14H,3,10H2,1-2H3,(H,11,15)(H,12,13). The number of aliphatic hydroxyl groups is 1. The first kappa shape index (κ1) is 13.0. The number of nitrogens with one attached hydrogen (secondary N) is 2. The summed E-state index contributed by atoms with van der Waals surface area (Å²) in [6, 6.07) is 0. The van der Waals surface area contributed by atoms with Crippen LogP contribution in [0.1, 0.15) is 16.2 Å². The number of nitrogen functional groups attached to an aromatic ring is 1. The molecule has 1 rings (SSSR count). The van der Waals surface area contributed by atoms with Gasteiger partial charge in [0, 0.05) is 0 Å². The molecule has 0 aromatic carbocycles. The predicted molar refractivity (Wildman–Crippen MR) is 58.1 cm³/mol. The van der Waals surface area contributed by atoms with Crippen LogP contribution in [0.15, 0.2) is 0 Å². The topological polar surface area (TPSA) is 130 Å². The van der Waals surface area contributed by atoms with E-state index in [0.29, 0.717) is 5.69 Å². The van der Waals surface area contributed by atoms with Crippen LogP contribution in [0.4, 0.5) is 5.69 Å². The fourth-order valence-electron chi connectivity index (χ4n) is 1.10. The molecule has 0 aliphatic rings. The molecule has 1 aromatic heterocycles. The number of anilines is 1. The van der Waals surface area contributed by atoms with Crippen molar-refractivity contribution in [3.8, 4) is 0 Å². The van der Waals surface area contributed by atoms with Crippen LogP contribution in [0.2, 0.25) is 0 Å². The Hall–Kier alpha value is -2.09. The van der Waals surface area contributed by atoms with Crippen molar-refractivity contribution in [2.75, 3.05) is 19.4 Å². The van der Waals surface area contributed by atoms with Gasteiger partial charge in [-0.2, -0.15) is 5.10 Å². The molecule has 0 radical (unpaired) electrons. The van der Waals surface area contributed by atoms with Crippen molar-refractivity contribution < 1.29 is 19.4 Å². The molecule has 0 fully saturated rings. The van der Waals surface area contributed by atoms with Crippen molar-refractivity contribution >= 4 is 17.6 Å². The number of hydrogen-bond donors (Lipinski definition) is 4. The minimum atomic E-state index is -1.41. The number of rotatable bonds is 4. The average Bonchev–Trinajstić information content (AvgIpc) is 2.65. The Morgan fingerprint density at radius 2 is 2.29 bits per heavy atom. The second kappa shape index (κ2) is 5.30. The van der Waals surface area contributed by atoms with Gasteiger partial charge in [0.15, 0.2) is 11.8 Å². The monoisotopic (exact) mass is 242 g/mol. The SMILES string of the molecule is COC(=O)C(O)CNC(=O)c1n[nH]c(C)c1N. The fourth-order valence-corrected chi connectivity index (χ4v) is 1.10. The largest absolute Gasteiger partial charge is 0.467 e. The van der Waals surface area contributed by atoms with Crippen LogP contribution >= 0.6 is 0 Å². The van der Waals surface area contributed by atoms with Crippen LogP contribution in [0.25, 0.3) is 0 Å². The zero-order valence-corrected chi connectivity index (χ0v) is 9.48. The van der Waals surface area contributed by atoms with E-state index in [-0.39, 0.29) is 17.9 Å². The highest BCUT2D eigenvalue weighted by Crippen LogP contribution is 2.11. The highest BCUT2D eigenvalue weighted by Gasteiger charge is 2.19. The number of nitrogens with zero attached hydrogens (tertiary/aromatic N) is 1. The summed E-state index contributed by atoms with van der Waals surface area (Å²) in [5, 5.41) is 17.8. The minimum Gasteiger partial charge on any atom is -0.467 e. The van der Waals surface area contributed by atoms with E-state index in [1.165, 1.54) is 0 Å². The molecule has 8 nitrogen and oxygen atoms in total. The van der Waals surface area contributed by atoms with E-state index < -0.39 is 18.0 Å². The molecule has 1 aromatic rings. The van der Waals surface area contributed by atoms with E-state index in [2.05, 4.69) is 20.3 Å². The molecule has 94 valence electrons. The summed E-state index contributed by atoms with van der Waals surface area (Å²) in [7, 11) is 1.14. The number of nitrogens with two attached hydrogens (primary N) is 1. The number of carbonyl (C=O) groups excluding carboxylic acids is 2. The molecule has 0 aliphatic carbocycles.